The van der Waals surface area contributed by atoms with Crippen LogP contribution < -0.4 is 15.4 Å². The molecule has 8 heteroatoms. The van der Waals surface area contributed by atoms with E-state index in [4.69, 9.17) is 9.84 Å². The van der Waals surface area contributed by atoms with Gasteiger partial charge in [-0.3, -0.25) is 15.4 Å². The highest BCUT2D eigenvalue weighted by molar-refractivity contribution is 5.87. The molecule has 8 nitrogen and oxygen atoms in total. The number of amides is 1. The van der Waals surface area contributed by atoms with Crippen LogP contribution in [0.2, 0.25) is 0 Å². The number of carbonyl (C=O) groups is 1. The van der Waals surface area contributed by atoms with Crippen molar-refractivity contribution in [3.63, 3.8) is 0 Å². The van der Waals surface area contributed by atoms with E-state index >= 15 is 0 Å². The van der Waals surface area contributed by atoms with E-state index in [1.807, 2.05) is 5.32 Å². The molecule has 0 radical (unpaired) electrons. The van der Waals surface area contributed by atoms with Crippen molar-refractivity contribution in [2.45, 2.75) is 0 Å². The summed E-state index contributed by atoms with van der Waals surface area (Å²) in [5.74, 6) is 0.197. The highest BCUT2D eigenvalue weighted by atomic mass is 16.6. The number of carboxylic acid groups (broad SMARTS) is 1. The molecule has 0 unspecified atom stereocenters. The second-order valence-corrected chi connectivity index (χ2v) is 3.01. The smallest absolute Gasteiger partial charge is 0.409 e. The average molecular weight is 241 g/mol. The number of hydrogen-bond donors (Lipinski definition) is 3. The Bertz CT molecular complexity index is 460. The van der Waals surface area contributed by atoms with Crippen LogP contribution in [0, 0.1) is 10.1 Å². The van der Waals surface area contributed by atoms with Crippen molar-refractivity contribution in [2.24, 2.45) is 0 Å². The molecule has 3 N–H and O–H groups in total. The molecule has 0 saturated carbocycles. The Balaban J connectivity index is 3.33. The molecular formula is C9H11N3O5. The Hall–Kier alpha value is -2.51. The minimum Gasteiger partial charge on any atom is -0.494 e. The van der Waals surface area contributed by atoms with Gasteiger partial charge in [0.15, 0.2) is 0 Å². The number of hydrogen-bond acceptors (Lipinski definition) is 5. The van der Waals surface area contributed by atoms with Gasteiger partial charge < -0.3 is 15.2 Å². The molecule has 0 fully saturated rings. The summed E-state index contributed by atoms with van der Waals surface area (Å²) in [6, 6.07) is 2.45. The van der Waals surface area contributed by atoms with Crippen LogP contribution in [-0.2, 0) is 0 Å². The van der Waals surface area contributed by atoms with Crippen molar-refractivity contribution < 1.29 is 19.6 Å². The van der Waals surface area contributed by atoms with E-state index in [1.165, 1.54) is 20.2 Å². The largest absolute Gasteiger partial charge is 0.494 e. The summed E-state index contributed by atoms with van der Waals surface area (Å²) in [5.41, 5.74) is 0.0190. The summed E-state index contributed by atoms with van der Waals surface area (Å²) < 4.78 is 4.94. The molecule has 0 atom stereocenters. The maximum Gasteiger partial charge on any atom is 0.409 e. The molecule has 1 amide bonds. The van der Waals surface area contributed by atoms with Crippen molar-refractivity contribution in [2.75, 3.05) is 24.8 Å². The first-order valence-electron chi connectivity index (χ1n) is 4.53. The monoisotopic (exact) mass is 241 g/mol. The zero-order valence-electron chi connectivity index (χ0n) is 9.18. The zero-order chi connectivity index (χ0) is 13.0. The molecule has 1 aromatic carbocycles. The minimum absolute atomic E-state index is 0.0192. The fraction of sp³-hybridized carbons (Fsp3) is 0.222. The number of methoxy groups -OCH3 is 1. The summed E-state index contributed by atoms with van der Waals surface area (Å²) in [6.45, 7) is 0. The molecule has 0 aliphatic rings. The van der Waals surface area contributed by atoms with E-state index in [0.717, 1.165) is 6.07 Å². The maximum atomic E-state index is 10.8. The maximum absolute atomic E-state index is 10.8. The molecule has 0 bridgehead atoms. The highest BCUT2D eigenvalue weighted by Crippen LogP contribution is 2.35. The highest BCUT2D eigenvalue weighted by Gasteiger charge is 2.18. The second-order valence-electron chi connectivity index (χ2n) is 3.01. The summed E-state index contributed by atoms with van der Waals surface area (Å²) in [4.78, 5) is 20.7. The lowest BCUT2D eigenvalue weighted by Gasteiger charge is -2.10. The number of nitrogens with one attached hydrogen (secondary N) is 2. The molecule has 0 heterocycles. The number of nitrogens with zero attached hydrogens (tertiary/aromatic N) is 1. The Morgan fingerprint density at radius 2 is 2.12 bits per heavy atom. The Morgan fingerprint density at radius 3 is 2.53 bits per heavy atom. The second kappa shape index (κ2) is 5.01. The fourth-order valence-corrected chi connectivity index (χ4v) is 1.30. The van der Waals surface area contributed by atoms with Gasteiger partial charge in [-0.1, -0.05) is 0 Å². The number of nitro benzene ring substituents is 1. The number of rotatable bonds is 4. The van der Waals surface area contributed by atoms with Crippen LogP contribution in [0.5, 0.6) is 5.75 Å². The molecule has 17 heavy (non-hydrogen) atoms. The van der Waals surface area contributed by atoms with E-state index in [1.54, 1.807) is 0 Å². The standard InChI is InChI=1S/C9H11N3O5/c1-10-5-4-8(17-2)6(11-9(13)14)3-7(5)12(15)16/h3-4,10-11H,1-2H3,(H,13,14). The van der Waals surface area contributed by atoms with Crippen molar-refractivity contribution in [1.82, 2.24) is 0 Å². The third-order valence-electron chi connectivity index (χ3n) is 2.03. The zero-order valence-corrected chi connectivity index (χ0v) is 9.18. The van der Waals surface area contributed by atoms with Gasteiger partial charge in [0.05, 0.1) is 17.7 Å². The van der Waals surface area contributed by atoms with E-state index in [0.29, 0.717) is 0 Å². The van der Waals surface area contributed by atoms with Gasteiger partial charge in [-0.25, -0.2) is 4.79 Å². The summed E-state index contributed by atoms with van der Waals surface area (Å²) >= 11 is 0. The van der Waals surface area contributed by atoms with Crippen molar-refractivity contribution in [1.29, 1.82) is 0 Å². The minimum atomic E-state index is -1.32. The summed E-state index contributed by atoms with van der Waals surface area (Å²) in [7, 11) is 2.86. The Labute approximate surface area is 96.3 Å². The molecular weight excluding hydrogens is 230 g/mol. The van der Waals surface area contributed by atoms with Crippen LogP contribution in [0.4, 0.5) is 21.9 Å². The van der Waals surface area contributed by atoms with E-state index in [-0.39, 0.29) is 22.8 Å². The number of benzene rings is 1. The molecule has 0 spiro atoms. The van der Waals surface area contributed by atoms with E-state index < -0.39 is 11.0 Å². The summed E-state index contributed by atoms with van der Waals surface area (Å²) in [5, 5.41) is 24.0. The molecule has 0 aliphatic carbocycles. The van der Waals surface area contributed by atoms with Gasteiger partial charge in [-0.15, -0.1) is 0 Å². The fourth-order valence-electron chi connectivity index (χ4n) is 1.30. The van der Waals surface area contributed by atoms with Crippen molar-refractivity contribution in [3.05, 3.63) is 22.2 Å². The van der Waals surface area contributed by atoms with Gasteiger partial charge in [0.2, 0.25) is 0 Å². The summed E-state index contributed by atoms with van der Waals surface area (Å²) in [6.07, 6.45) is -1.32. The SMILES string of the molecule is CNc1cc(OC)c(NC(=O)O)cc1[N+](=O)[O-]. The van der Waals surface area contributed by atoms with Crippen LogP contribution in [0.3, 0.4) is 0 Å². The number of nitro groups is 1. The lowest BCUT2D eigenvalue weighted by molar-refractivity contribution is -0.383. The van der Waals surface area contributed by atoms with Gasteiger partial charge in [0.25, 0.3) is 5.69 Å². The molecule has 1 rings (SSSR count). The average Bonchev–Trinajstić information content (AvgIpc) is 2.27. The molecule has 1 aromatic rings. The van der Waals surface area contributed by atoms with Crippen LogP contribution in [0.25, 0.3) is 0 Å². The number of ether oxygens (including phenoxy) is 1. The van der Waals surface area contributed by atoms with Gasteiger partial charge in [-0.05, 0) is 0 Å². The third kappa shape index (κ3) is 2.74. The van der Waals surface area contributed by atoms with Gasteiger partial charge >= 0.3 is 6.09 Å². The van der Waals surface area contributed by atoms with Gasteiger partial charge in [-0.2, -0.15) is 0 Å². The molecule has 92 valence electrons. The lowest BCUT2D eigenvalue weighted by atomic mass is 10.2. The van der Waals surface area contributed by atoms with Crippen LogP contribution in [0.15, 0.2) is 12.1 Å². The molecule has 0 saturated heterocycles. The lowest BCUT2D eigenvalue weighted by Crippen LogP contribution is -2.09. The number of anilines is 2. The predicted molar refractivity (Wildman–Crippen MR) is 60.8 cm³/mol. The van der Waals surface area contributed by atoms with E-state index in [2.05, 4.69) is 5.32 Å². The Kier molecular flexibility index (Phi) is 3.70. The van der Waals surface area contributed by atoms with Crippen molar-refractivity contribution in [3.8, 4) is 5.75 Å². The first kappa shape index (κ1) is 12.6. The first-order chi connectivity index (χ1) is 7.99. The molecule has 0 aromatic heterocycles. The van der Waals surface area contributed by atoms with Crippen LogP contribution >= 0.6 is 0 Å². The molecule has 0 aliphatic heterocycles. The van der Waals surface area contributed by atoms with Gasteiger partial charge in [0, 0.05) is 19.2 Å². The van der Waals surface area contributed by atoms with E-state index in [9.17, 15) is 14.9 Å². The van der Waals surface area contributed by atoms with Crippen molar-refractivity contribution >= 4 is 23.2 Å². The normalized spacial score (nSPS) is 9.53. The topological polar surface area (TPSA) is 114 Å². The third-order valence-corrected chi connectivity index (χ3v) is 2.03. The predicted octanol–water partition coefficient (Wildman–Crippen LogP) is 1.73. The first-order valence-corrected chi connectivity index (χ1v) is 4.53. The van der Waals surface area contributed by atoms with Gasteiger partial charge in [0.1, 0.15) is 11.4 Å². The van der Waals surface area contributed by atoms with Crippen LogP contribution in [0.1, 0.15) is 0 Å². The quantitative estimate of drug-likeness (QED) is 0.546. The Morgan fingerprint density at radius 1 is 1.47 bits per heavy atom. The van der Waals surface area contributed by atoms with Crippen LogP contribution in [-0.4, -0.2) is 30.3 Å².